The lowest BCUT2D eigenvalue weighted by Gasteiger charge is -2.10. The molecule has 1 atom stereocenters. The van der Waals surface area contributed by atoms with Gasteiger partial charge in [-0.3, -0.25) is 4.79 Å². The molecule has 0 saturated carbocycles. The van der Waals surface area contributed by atoms with Crippen molar-refractivity contribution in [2.75, 3.05) is 7.05 Å². The van der Waals surface area contributed by atoms with Crippen molar-refractivity contribution >= 4 is 5.97 Å². The fourth-order valence-electron chi connectivity index (χ4n) is 1.36. The molecule has 0 fully saturated rings. The van der Waals surface area contributed by atoms with E-state index in [-0.39, 0.29) is 5.75 Å². The number of benzene rings is 1. The number of hydrogen-bond donors (Lipinski definition) is 3. The number of hydrogen-bond acceptors (Lipinski definition) is 3. The van der Waals surface area contributed by atoms with E-state index in [1.165, 1.54) is 0 Å². The molecule has 82 valence electrons. The van der Waals surface area contributed by atoms with Gasteiger partial charge in [-0.1, -0.05) is 12.1 Å². The van der Waals surface area contributed by atoms with Gasteiger partial charge in [0.25, 0.3) is 0 Å². The fourth-order valence-corrected chi connectivity index (χ4v) is 1.36. The van der Waals surface area contributed by atoms with Gasteiger partial charge < -0.3 is 15.5 Å². The number of likely N-dealkylation sites (N-methyl/N-ethyl adjacent to an activating group) is 1. The van der Waals surface area contributed by atoms with E-state index >= 15 is 0 Å². The van der Waals surface area contributed by atoms with E-state index in [9.17, 15) is 4.79 Å². The molecule has 0 aliphatic rings. The topological polar surface area (TPSA) is 69.6 Å². The predicted molar refractivity (Wildman–Crippen MR) is 56.9 cm³/mol. The lowest BCUT2D eigenvalue weighted by atomic mass is 10.1. The Morgan fingerprint density at radius 1 is 1.40 bits per heavy atom. The molecule has 1 rings (SSSR count). The van der Waals surface area contributed by atoms with Gasteiger partial charge in [0.1, 0.15) is 11.8 Å². The lowest BCUT2D eigenvalue weighted by molar-refractivity contribution is -0.139. The molecule has 0 heterocycles. The summed E-state index contributed by atoms with van der Waals surface area (Å²) in [6.45, 7) is 0. The molecule has 0 radical (unpaired) electrons. The van der Waals surface area contributed by atoms with Crippen LogP contribution < -0.4 is 5.32 Å². The minimum atomic E-state index is -0.837. The highest BCUT2D eigenvalue weighted by Crippen LogP contribution is 2.11. The first-order valence-electron chi connectivity index (χ1n) is 4.81. The molecule has 0 unspecified atom stereocenters. The molecular formula is C11H15NO3. The zero-order chi connectivity index (χ0) is 11.3. The Labute approximate surface area is 88.6 Å². The van der Waals surface area contributed by atoms with E-state index in [1.807, 2.05) is 0 Å². The third kappa shape index (κ3) is 3.59. The molecule has 1 aromatic carbocycles. The lowest BCUT2D eigenvalue weighted by Crippen LogP contribution is -2.34. The molecule has 15 heavy (non-hydrogen) atoms. The molecular weight excluding hydrogens is 194 g/mol. The summed E-state index contributed by atoms with van der Waals surface area (Å²) in [4.78, 5) is 10.7. The number of carbonyl (C=O) groups is 1. The van der Waals surface area contributed by atoms with Crippen LogP contribution in [0.4, 0.5) is 0 Å². The molecule has 4 nitrogen and oxygen atoms in total. The van der Waals surface area contributed by atoms with E-state index in [2.05, 4.69) is 5.32 Å². The number of carboxylic acids is 1. The Balaban J connectivity index is 2.49. The van der Waals surface area contributed by atoms with Crippen LogP contribution in [0.1, 0.15) is 12.0 Å². The summed E-state index contributed by atoms with van der Waals surface area (Å²) in [5.74, 6) is -0.613. The second-order valence-corrected chi connectivity index (χ2v) is 3.38. The molecule has 4 heteroatoms. The number of aryl methyl sites for hydroxylation is 1. The van der Waals surface area contributed by atoms with Crippen molar-refractivity contribution in [2.24, 2.45) is 0 Å². The van der Waals surface area contributed by atoms with Gasteiger partial charge in [0.15, 0.2) is 0 Å². The highest BCUT2D eigenvalue weighted by Gasteiger charge is 2.13. The quantitative estimate of drug-likeness (QED) is 0.676. The molecule has 0 aliphatic heterocycles. The number of aromatic hydroxyl groups is 1. The zero-order valence-corrected chi connectivity index (χ0v) is 8.60. The van der Waals surface area contributed by atoms with Gasteiger partial charge in [0.05, 0.1) is 0 Å². The van der Waals surface area contributed by atoms with Crippen LogP contribution in [0.5, 0.6) is 5.75 Å². The van der Waals surface area contributed by atoms with Crippen molar-refractivity contribution in [1.82, 2.24) is 5.32 Å². The monoisotopic (exact) mass is 209 g/mol. The van der Waals surface area contributed by atoms with Gasteiger partial charge in [0, 0.05) is 0 Å². The van der Waals surface area contributed by atoms with Crippen molar-refractivity contribution in [3.8, 4) is 5.75 Å². The zero-order valence-electron chi connectivity index (χ0n) is 8.60. The average Bonchev–Trinajstić information content (AvgIpc) is 2.21. The average molecular weight is 209 g/mol. The second-order valence-electron chi connectivity index (χ2n) is 3.38. The van der Waals surface area contributed by atoms with Gasteiger partial charge in [-0.2, -0.15) is 0 Å². The Bertz CT molecular complexity index is 321. The van der Waals surface area contributed by atoms with Crippen LogP contribution in [0, 0.1) is 0 Å². The van der Waals surface area contributed by atoms with Crippen molar-refractivity contribution in [3.05, 3.63) is 29.8 Å². The van der Waals surface area contributed by atoms with Gasteiger partial charge in [-0.15, -0.1) is 0 Å². The summed E-state index contributed by atoms with van der Waals surface area (Å²) in [7, 11) is 1.63. The first-order chi connectivity index (χ1) is 7.13. The Kier molecular flexibility index (Phi) is 4.12. The molecule has 1 aromatic rings. The normalized spacial score (nSPS) is 12.3. The molecule has 0 amide bonds. The maximum atomic E-state index is 10.7. The second kappa shape index (κ2) is 5.36. The summed E-state index contributed by atoms with van der Waals surface area (Å²) in [5, 5.41) is 20.6. The molecule has 0 saturated heterocycles. The molecule has 0 bridgehead atoms. The van der Waals surface area contributed by atoms with Gasteiger partial charge >= 0.3 is 5.97 Å². The number of phenols is 1. The summed E-state index contributed by atoms with van der Waals surface area (Å²) in [6, 6.07) is 6.28. The molecule has 0 spiro atoms. The van der Waals surface area contributed by atoms with Crippen LogP contribution in [0.25, 0.3) is 0 Å². The summed E-state index contributed by atoms with van der Waals surface area (Å²) >= 11 is 0. The number of rotatable bonds is 5. The largest absolute Gasteiger partial charge is 0.508 e. The van der Waals surface area contributed by atoms with Crippen molar-refractivity contribution < 1.29 is 15.0 Å². The molecule has 0 aliphatic carbocycles. The Hall–Kier alpha value is -1.55. The predicted octanol–water partition coefficient (Wildman–Crippen LogP) is 0.997. The smallest absolute Gasteiger partial charge is 0.320 e. The van der Waals surface area contributed by atoms with E-state index in [0.717, 1.165) is 5.56 Å². The fraction of sp³-hybridized carbons (Fsp3) is 0.364. The number of nitrogens with one attached hydrogen (secondary N) is 1. The van der Waals surface area contributed by atoms with Crippen LogP contribution in [0.15, 0.2) is 24.3 Å². The van der Waals surface area contributed by atoms with Gasteiger partial charge in [-0.05, 0) is 37.6 Å². The standard InChI is InChI=1S/C11H15NO3/c1-12-10(11(14)15)7-4-8-2-5-9(13)6-3-8/h2-3,5-6,10,12-13H,4,7H2,1H3,(H,14,15)/t10-/m1/s1. The van der Waals surface area contributed by atoms with Crippen LogP contribution in [-0.2, 0) is 11.2 Å². The first-order valence-corrected chi connectivity index (χ1v) is 4.81. The van der Waals surface area contributed by atoms with Crippen LogP contribution in [-0.4, -0.2) is 29.3 Å². The van der Waals surface area contributed by atoms with Crippen LogP contribution in [0.3, 0.4) is 0 Å². The Morgan fingerprint density at radius 2 is 2.00 bits per heavy atom. The highest BCUT2D eigenvalue weighted by atomic mass is 16.4. The highest BCUT2D eigenvalue weighted by molar-refractivity contribution is 5.73. The Morgan fingerprint density at radius 3 is 2.47 bits per heavy atom. The molecule has 3 N–H and O–H groups in total. The SMILES string of the molecule is CN[C@H](CCc1ccc(O)cc1)C(=O)O. The van der Waals surface area contributed by atoms with E-state index < -0.39 is 12.0 Å². The molecule has 0 aromatic heterocycles. The van der Waals surface area contributed by atoms with E-state index in [1.54, 1.807) is 31.3 Å². The van der Waals surface area contributed by atoms with Crippen LogP contribution >= 0.6 is 0 Å². The van der Waals surface area contributed by atoms with Crippen molar-refractivity contribution in [2.45, 2.75) is 18.9 Å². The summed E-state index contributed by atoms with van der Waals surface area (Å²) in [5.41, 5.74) is 1.02. The van der Waals surface area contributed by atoms with Gasteiger partial charge in [-0.25, -0.2) is 0 Å². The maximum absolute atomic E-state index is 10.7. The third-order valence-corrected chi connectivity index (χ3v) is 2.30. The van der Waals surface area contributed by atoms with E-state index in [4.69, 9.17) is 10.2 Å². The minimum Gasteiger partial charge on any atom is -0.508 e. The van der Waals surface area contributed by atoms with Gasteiger partial charge in [0.2, 0.25) is 0 Å². The summed E-state index contributed by atoms with van der Waals surface area (Å²) < 4.78 is 0. The van der Waals surface area contributed by atoms with Crippen LogP contribution in [0.2, 0.25) is 0 Å². The summed E-state index contributed by atoms with van der Waals surface area (Å²) in [6.07, 6.45) is 1.22. The number of carboxylic acid groups (broad SMARTS) is 1. The first kappa shape index (κ1) is 11.5. The number of aliphatic carboxylic acids is 1. The number of phenolic OH excluding ortho intramolecular Hbond substituents is 1. The van der Waals surface area contributed by atoms with E-state index in [0.29, 0.717) is 12.8 Å². The minimum absolute atomic E-state index is 0.224. The maximum Gasteiger partial charge on any atom is 0.320 e. The van der Waals surface area contributed by atoms with Crippen molar-refractivity contribution in [3.63, 3.8) is 0 Å². The third-order valence-electron chi connectivity index (χ3n) is 2.30. The van der Waals surface area contributed by atoms with Crippen molar-refractivity contribution in [1.29, 1.82) is 0 Å².